The van der Waals surface area contributed by atoms with Crippen molar-refractivity contribution in [3.63, 3.8) is 0 Å². The van der Waals surface area contributed by atoms with E-state index < -0.39 is 0 Å². The fourth-order valence-electron chi connectivity index (χ4n) is 2.96. The molecule has 3 nitrogen and oxygen atoms in total. The quantitative estimate of drug-likeness (QED) is 0.301. The minimum atomic E-state index is -0.248. The van der Waals surface area contributed by atoms with Crippen molar-refractivity contribution in [1.29, 1.82) is 0 Å². The summed E-state index contributed by atoms with van der Waals surface area (Å²) in [7, 11) is 0. The number of ketones is 1. The van der Waals surface area contributed by atoms with Crippen molar-refractivity contribution < 1.29 is 9.21 Å². The van der Waals surface area contributed by atoms with E-state index >= 15 is 0 Å². The second kappa shape index (κ2) is 7.67. The molecule has 2 N–H and O–H groups in total. The molecule has 0 unspecified atom stereocenters. The first kappa shape index (κ1) is 19.3. The molecule has 5 heteroatoms. The van der Waals surface area contributed by atoms with Crippen LogP contribution >= 0.6 is 24.2 Å². The molecule has 0 radical (unpaired) electrons. The summed E-state index contributed by atoms with van der Waals surface area (Å²) in [6, 6.07) is 10.8. The number of anilines is 1. The number of benzene rings is 2. The zero-order valence-corrected chi connectivity index (χ0v) is 16.8. The Morgan fingerprint density at radius 3 is 2.70 bits per heavy atom. The monoisotopic (exact) mass is 397 g/mol. The maximum Gasteiger partial charge on any atom is 0.230 e. The number of aryl methyl sites for hydroxylation is 1. The molecular formula is C22H20ClNO2S. The van der Waals surface area contributed by atoms with Gasteiger partial charge in [0.1, 0.15) is 5.58 Å². The van der Waals surface area contributed by atoms with Crippen LogP contribution in [0.4, 0.5) is 5.69 Å². The van der Waals surface area contributed by atoms with Gasteiger partial charge in [-0.1, -0.05) is 37.2 Å². The van der Waals surface area contributed by atoms with Gasteiger partial charge in [-0.25, -0.2) is 0 Å². The molecule has 3 rings (SSSR count). The van der Waals surface area contributed by atoms with Crippen LogP contribution < -0.4 is 5.73 Å². The van der Waals surface area contributed by atoms with Crippen molar-refractivity contribution in [3.8, 4) is 0 Å². The number of nitrogen functional groups attached to an aromatic ring is 1. The first-order valence-electron chi connectivity index (χ1n) is 8.55. The zero-order chi connectivity index (χ0) is 19.7. The minimum Gasteiger partial charge on any atom is -0.450 e. The highest BCUT2D eigenvalue weighted by Crippen LogP contribution is 2.34. The lowest BCUT2D eigenvalue weighted by Gasteiger charge is -2.06. The van der Waals surface area contributed by atoms with Gasteiger partial charge in [-0.05, 0) is 60.4 Å². The number of carbonyl (C=O) groups is 1. The molecule has 0 fully saturated rings. The lowest BCUT2D eigenvalue weighted by atomic mass is 9.99. The van der Waals surface area contributed by atoms with Gasteiger partial charge in [0.2, 0.25) is 5.78 Å². The predicted octanol–water partition coefficient (Wildman–Crippen LogP) is 6.31. The third kappa shape index (κ3) is 3.55. The van der Waals surface area contributed by atoms with Gasteiger partial charge >= 0.3 is 0 Å². The number of allylic oxidation sites excluding steroid dienone is 2. The van der Waals surface area contributed by atoms with Gasteiger partial charge < -0.3 is 10.2 Å². The van der Waals surface area contributed by atoms with E-state index in [0.29, 0.717) is 33.7 Å². The Morgan fingerprint density at radius 2 is 2.04 bits per heavy atom. The highest BCUT2D eigenvalue weighted by molar-refractivity contribution is 7.90. The zero-order valence-electron chi connectivity index (χ0n) is 15.2. The summed E-state index contributed by atoms with van der Waals surface area (Å²) in [4.78, 5) is 13.8. The highest BCUT2D eigenvalue weighted by Gasteiger charge is 2.22. The average Bonchev–Trinajstić information content (AvgIpc) is 3.02. The maximum absolute atomic E-state index is 13.0. The smallest absolute Gasteiger partial charge is 0.230 e. The van der Waals surface area contributed by atoms with Gasteiger partial charge in [0.25, 0.3) is 0 Å². The van der Waals surface area contributed by atoms with E-state index in [4.69, 9.17) is 21.8 Å². The summed E-state index contributed by atoms with van der Waals surface area (Å²) in [6.07, 6.45) is 2.42. The number of hydrogen-bond acceptors (Lipinski definition) is 4. The number of hydrogen-bond donors (Lipinski definition) is 2. The fourth-order valence-corrected chi connectivity index (χ4v) is 3.38. The average molecular weight is 398 g/mol. The SMILES string of the molecule is C=C/C(C)=C(\S)c1ccc2c(N)c(C(=O)c3ccc(Cl)cc3CC)oc2c1. The largest absolute Gasteiger partial charge is 0.450 e. The van der Waals surface area contributed by atoms with Gasteiger partial charge in [0.05, 0.1) is 5.69 Å². The van der Waals surface area contributed by atoms with Gasteiger partial charge in [0.15, 0.2) is 5.76 Å². The number of furan rings is 1. The van der Waals surface area contributed by atoms with Crippen molar-refractivity contribution in [1.82, 2.24) is 0 Å². The molecule has 0 saturated carbocycles. The summed E-state index contributed by atoms with van der Waals surface area (Å²) in [5, 5.41) is 1.29. The molecule has 0 saturated heterocycles. The van der Waals surface area contributed by atoms with Crippen LogP contribution in [0, 0.1) is 0 Å². The van der Waals surface area contributed by atoms with Crippen LogP contribution in [-0.4, -0.2) is 5.78 Å². The molecule has 138 valence electrons. The Kier molecular flexibility index (Phi) is 5.49. The van der Waals surface area contributed by atoms with Crippen molar-refractivity contribution in [2.75, 3.05) is 5.73 Å². The van der Waals surface area contributed by atoms with Crippen LogP contribution in [0.3, 0.4) is 0 Å². The summed E-state index contributed by atoms with van der Waals surface area (Å²) in [6.45, 7) is 7.66. The molecular weight excluding hydrogens is 378 g/mol. The van der Waals surface area contributed by atoms with Gasteiger partial charge in [-0.2, -0.15) is 0 Å². The van der Waals surface area contributed by atoms with Crippen LogP contribution in [-0.2, 0) is 6.42 Å². The van der Waals surface area contributed by atoms with Crippen molar-refractivity contribution in [3.05, 3.63) is 82.1 Å². The highest BCUT2D eigenvalue weighted by atomic mass is 35.5. The van der Waals surface area contributed by atoms with Crippen molar-refractivity contribution in [2.24, 2.45) is 0 Å². The third-order valence-electron chi connectivity index (χ3n) is 4.58. The van der Waals surface area contributed by atoms with E-state index in [1.165, 1.54) is 0 Å². The summed E-state index contributed by atoms with van der Waals surface area (Å²) >= 11 is 10.6. The van der Waals surface area contributed by atoms with Gasteiger partial charge in [-0.15, -0.1) is 12.6 Å². The maximum atomic E-state index is 13.0. The van der Waals surface area contributed by atoms with Crippen molar-refractivity contribution in [2.45, 2.75) is 20.3 Å². The first-order chi connectivity index (χ1) is 12.9. The lowest BCUT2D eigenvalue weighted by Crippen LogP contribution is -2.06. The van der Waals surface area contributed by atoms with Gasteiger partial charge in [-0.3, -0.25) is 4.79 Å². The summed E-state index contributed by atoms with van der Waals surface area (Å²) < 4.78 is 5.86. The molecule has 27 heavy (non-hydrogen) atoms. The molecule has 2 aromatic carbocycles. The Morgan fingerprint density at radius 1 is 1.30 bits per heavy atom. The Labute approximate surface area is 168 Å². The Balaban J connectivity index is 2.12. The Hall–Kier alpha value is -2.43. The number of thiol groups is 1. The minimum absolute atomic E-state index is 0.143. The molecule has 0 aliphatic carbocycles. The summed E-state index contributed by atoms with van der Waals surface area (Å²) in [5.41, 5.74) is 10.3. The van der Waals surface area contributed by atoms with Crippen LogP contribution in [0.15, 0.2) is 59.0 Å². The number of carbonyl (C=O) groups excluding carboxylic acids is 1. The van der Waals surface area contributed by atoms with Crippen LogP contribution in [0.1, 0.15) is 41.1 Å². The molecule has 0 bridgehead atoms. The van der Waals surface area contributed by atoms with E-state index in [0.717, 1.165) is 21.6 Å². The molecule has 0 atom stereocenters. The molecule has 3 aromatic rings. The standard InChI is InChI=1S/C22H20ClNO2S/c1-4-12(3)22(27)14-6-8-17-18(11-14)26-21(19(17)24)20(25)16-9-7-15(23)10-13(16)5-2/h4,6-11,27H,1,5,24H2,2-3H3/b22-12-. The Bertz CT molecular complexity index is 1100. The summed E-state index contributed by atoms with van der Waals surface area (Å²) in [5.74, 6) is -0.105. The second-order valence-corrected chi connectivity index (χ2v) is 7.16. The number of rotatable bonds is 5. The molecule has 0 aliphatic heterocycles. The third-order valence-corrected chi connectivity index (χ3v) is 5.43. The van der Waals surface area contributed by atoms with E-state index in [9.17, 15) is 4.79 Å². The molecule has 1 heterocycles. The second-order valence-electron chi connectivity index (χ2n) is 6.28. The molecule has 1 aromatic heterocycles. The lowest BCUT2D eigenvalue weighted by molar-refractivity contribution is 0.101. The molecule has 0 aliphatic rings. The normalized spacial score (nSPS) is 12.1. The van der Waals surface area contributed by atoms with E-state index in [1.54, 1.807) is 24.3 Å². The van der Waals surface area contributed by atoms with Crippen LogP contribution in [0.2, 0.25) is 5.02 Å². The molecule has 0 amide bonds. The topological polar surface area (TPSA) is 56.2 Å². The predicted molar refractivity (Wildman–Crippen MR) is 117 cm³/mol. The van der Waals surface area contributed by atoms with Crippen molar-refractivity contribution >= 4 is 51.6 Å². The number of nitrogens with two attached hydrogens (primary N) is 1. The number of halogens is 1. The first-order valence-corrected chi connectivity index (χ1v) is 9.37. The van der Waals surface area contributed by atoms with E-state index in [-0.39, 0.29) is 11.5 Å². The van der Waals surface area contributed by atoms with Gasteiger partial charge in [0, 0.05) is 20.9 Å². The fraction of sp³-hybridized carbons (Fsp3) is 0.136. The number of fused-ring (bicyclic) bond motifs is 1. The van der Waals surface area contributed by atoms with E-state index in [2.05, 4.69) is 19.2 Å². The van der Waals surface area contributed by atoms with Crippen LogP contribution in [0.25, 0.3) is 15.9 Å². The van der Waals surface area contributed by atoms with E-state index in [1.807, 2.05) is 32.0 Å². The molecule has 0 spiro atoms. The van der Waals surface area contributed by atoms with Crippen LogP contribution in [0.5, 0.6) is 0 Å².